The van der Waals surface area contributed by atoms with E-state index in [0.29, 0.717) is 5.02 Å². The predicted octanol–water partition coefficient (Wildman–Crippen LogP) is 2.68. The average Bonchev–Trinajstić information content (AvgIpc) is 2.26. The van der Waals surface area contributed by atoms with E-state index in [1.165, 1.54) is 18.2 Å². The summed E-state index contributed by atoms with van der Waals surface area (Å²) in [5.41, 5.74) is -1.13. The zero-order chi connectivity index (χ0) is 14.8. The van der Waals surface area contributed by atoms with Crippen LogP contribution in [-0.4, -0.2) is 25.7 Å². The van der Waals surface area contributed by atoms with E-state index >= 15 is 0 Å². The molecule has 1 atom stereocenters. The standard InChI is InChI=1S/C12H17Cl2NO3S/c1-8(2)12(3,16)7-15-19(17,18)11-5-4-9(13)6-10(11)14/h4-6,8,15-16H,7H2,1-3H3. The van der Waals surface area contributed by atoms with Crippen LogP contribution in [0.15, 0.2) is 23.1 Å². The monoisotopic (exact) mass is 325 g/mol. The van der Waals surface area contributed by atoms with Gasteiger partial charge < -0.3 is 5.11 Å². The van der Waals surface area contributed by atoms with Gasteiger partial charge in [0.05, 0.1) is 10.6 Å². The summed E-state index contributed by atoms with van der Waals surface area (Å²) in [5.74, 6) is -0.0871. The second-order valence-corrected chi connectivity index (χ2v) is 7.49. The summed E-state index contributed by atoms with van der Waals surface area (Å²) in [6.07, 6.45) is 0. The highest BCUT2D eigenvalue weighted by molar-refractivity contribution is 7.89. The molecule has 0 aliphatic carbocycles. The van der Waals surface area contributed by atoms with E-state index in [1.807, 2.05) is 13.8 Å². The van der Waals surface area contributed by atoms with Gasteiger partial charge in [-0.25, -0.2) is 13.1 Å². The van der Waals surface area contributed by atoms with E-state index in [2.05, 4.69) is 4.72 Å². The molecule has 0 radical (unpaired) electrons. The number of rotatable bonds is 5. The molecule has 1 aromatic carbocycles. The van der Waals surface area contributed by atoms with Gasteiger partial charge in [0, 0.05) is 11.6 Å². The summed E-state index contributed by atoms with van der Waals surface area (Å²) in [5, 5.41) is 10.4. The number of nitrogens with one attached hydrogen (secondary N) is 1. The van der Waals surface area contributed by atoms with Crippen molar-refractivity contribution in [3.8, 4) is 0 Å². The minimum absolute atomic E-state index is 0.0455. The molecule has 0 aliphatic heterocycles. The third kappa shape index (κ3) is 4.33. The van der Waals surface area contributed by atoms with Crippen LogP contribution in [0.4, 0.5) is 0 Å². The van der Waals surface area contributed by atoms with Crippen LogP contribution in [0.2, 0.25) is 10.0 Å². The lowest BCUT2D eigenvalue weighted by molar-refractivity contribution is 0.0190. The van der Waals surface area contributed by atoms with Crippen LogP contribution in [-0.2, 0) is 10.0 Å². The quantitative estimate of drug-likeness (QED) is 0.874. The molecule has 0 saturated carbocycles. The molecule has 4 nitrogen and oxygen atoms in total. The minimum atomic E-state index is -3.78. The first kappa shape index (κ1) is 16.7. The fraction of sp³-hybridized carbons (Fsp3) is 0.500. The number of sulfonamides is 1. The third-order valence-corrected chi connectivity index (χ3v) is 5.17. The van der Waals surface area contributed by atoms with Crippen molar-refractivity contribution in [2.75, 3.05) is 6.54 Å². The van der Waals surface area contributed by atoms with Gasteiger partial charge >= 0.3 is 0 Å². The highest BCUT2D eigenvalue weighted by Gasteiger charge is 2.28. The maximum absolute atomic E-state index is 12.1. The van der Waals surface area contributed by atoms with Crippen molar-refractivity contribution in [2.45, 2.75) is 31.3 Å². The Bertz CT molecular complexity index is 556. The molecule has 0 spiro atoms. The fourth-order valence-electron chi connectivity index (χ4n) is 1.22. The van der Waals surface area contributed by atoms with Crippen molar-refractivity contribution >= 4 is 33.2 Å². The Hall–Kier alpha value is -0.330. The summed E-state index contributed by atoms with van der Waals surface area (Å²) in [4.78, 5) is -0.0573. The average molecular weight is 326 g/mol. The number of aliphatic hydroxyl groups is 1. The Kier molecular flexibility index (Phi) is 5.26. The normalized spacial score (nSPS) is 15.5. The minimum Gasteiger partial charge on any atom is -0.389 e. The molecule has 2 N–H and O–H groups in total. The smallest absolute Gasteiger partial charge is 0.242 e. The topological polar surface area (TPSA) is 66.4 Å². The molecular formula is C12H17Cl2NO3S. The number of hydrogen-bond acceptors (Lipinski definition) is 3. The molecule has 0 fully saturated rings. The van der Waals surface area contributed by atoms with Crippen molar-refractivity contribution in [1.82, 2.24) is 4.72 Å². The summed E-state index contributed by atoms with van der Waals surface area (Å²) >= 11 is 11.6. The Morgan fingerprint density at radius 1 is 1.37 bits per heavy atom. The number of hydrogen-bond donors (Lipinski definition) is 2. The summed E-state index contributed by atoms with van der Waals surface area (Å²) in [6, 6.07) is 4.14. The number of benzene rings is 1. The molecule has 0 heterocycles. The van der Waals surface area contributed by atoms with Crippen LogP contribution in [0.1, 0.15) is 20.8 Å². The highest BCUT2D eigenvalue weighted by Crippen LogP contribution is 2.25. The number of halogens is 2. The zero-order valence-electron chi connectivity index (χ0n) is 10.9. The van der Waals surface area contributed by atoms with Gasteiger partial charge in [0.15, 0.2) is 0 Å². The van der Waals surface area contributed by atoms with Gasteiger partial charge in [-0.3, -0.25) is 0 Å². The largest absolute Gasteiger partial charge is 0.389 e. The van der Waals surface area contributed by atoms with Crippen molar-refractivity contribution in [1.29, 1.82) is 0 Å². The molecule has 1 rings (SSSR count). The SMILES string of the molecule is CC(C)C(C)(O)CNS(=O)(=O)c1ccc(Cl)cc1Cl. The van der Waals surface area contributed by atoms with Crippen molar-refractivity contribution < 1.29 is 13.5 Å². The maximum Gasteiger partial charge on any atom is 0.242 e. The Morgan fingerprint density at radius 3 is 2.42 bits per heavy atom. The van der Waals surface area contributed by atoms with Gasteiger partial charge in [0.25, 0.3) is 0 Å². The molecule has 0 aromatic heterocycles. The lowest BCUT2D eigenvalue weighted by atomic mass is 9.93. The first-order chi connectivity index (χ1) is 8.56. The molecule has 0 aliphatic rings. The molecule has 7 heteroatoms. The van der Waals surface area contributed by atoms with E-state index in [9.17, 15) is 13.5 Å². The van der Waals surface area contributed by atoms with Crippen LogP contribution in [0, 0.1) is 5.92 Å². The second-order valence-electron chi connectivity index (χ2n) is 4.91. The van der Waals surface area contributed by atoms with Crippen LogP contribution >= 0.6 is 23.2 Å². The van der Waals surface area contributed by atoms with Crippen LogP contribution in [0.5, 0.6) is 0 Å². The molecular weight excluding hydrogens is 309 g/mol. The van der Waals surface area contributed by atoms with Crippen molar-refractivity contribution in [3.63, 3.8) is 0 Å². The molecule has 19 heavy (non-hydrogen) atoms. The molecule has 0 bridgehead atoms. The molecule has 1 unspecified atom stereocenters. The summed E-state index contributed by atoms with van der Waals surface area (Å²) in [7, 11) is -3.78. The summed E-state index contributed by atoms with van der Waals surface area (Å²) < 4.78 is 26.5. The Labute approximate surface area is 123 Å². The second kappa shape index (κ2) is 5.97. The van der Waals surface area contributed by atoms with E-state index in [-0.39, 0.29) is 22.4 Å². The van der Waals surface area contributed by atoms with Gasteiger partial charge in [0.2, 0.25) is 10.0 Å². The molecule has 0 saturated heterocycles. The zero-order valence-corrected chi connectivity index (χ0v) is 13.3. The van der Waals surface area contributed by atoms with Gasteiger partial charge in [-0.1, -0.05) is 37.0 Å². The van der Waals surface area contributed by atoms with Gasteiger partial charge in [-0.2, -0.15) is 0 Å². The summed E-state index contributed by atoms with van der Waals surface area (Å²) in [6.45, 7) is 5.10. The fourth-order valence-corrected chi connectivity index (χ4v) is 3.13. The van der Waals surface area contributed by atoms with Crippen LogP contribution < -0.4 is 4.72 Å². The van der Waals surface area contributed by atoms with Crippen molar-refractivity contribution in [3.05, 3.63) is 28.2 Å². The van der Waals surface area contributed by atoms with Gasteiger partial charge in [0.1, 0.15) is 4.90 Å². The van der Waals surface area contributed by atoms with E-state index in [1.54, 1.807) is 6.92 Å². The maximum atomic E-state index is 12.1. The molecule has 1 aromatic rings. The van der Waals surface area contributed by atoms with Crippen LogP contribution in [0.25, 0.3) is 0 Å². The van der Waals surface area contributed by atoms with Gasteiger partial charge in [-0.05, 0) is 31.0 Å². The third-order valence-electron chi connectivity index (χ3n) is 3.05. The van der Waals surface area contributed by atoms with Gasteiger partial charge in [-0.15, -0.1) is 0 Å². The van der Waals surface area contributed by atoms with Crippen LogP contribution in [0.3, 0.4) is 0 Å². The lowest BCUT2D eigenvalue weighted by Crippen LogP contribution is -2.44. The van der Waals surface area contributed by atoms with E-state index < -0.39 is 15.6 Å². The highest BCUT2D eigenvalue weighted by atomic mass is 35.5. The van der Waals surface area contributed by atoms with E-state index in [0.717, 1.165) is 0 Å². The van der Waals surface area contributed by atoms with Crippen molar-refractivity contribution in [2.24, 2.45) is 5.92 Å². The first-order valence-corrected chi connectivity index (χ1v) is 7.97. The Balaban J connectivity index is 2.94. The molecule has 0 amide bonds. The van der Waals surface area contributed by atoms with E-state index in [4.69, 9.17) is 23.2 Å². The lowest BCUT2D eigenvalue weighted by Gasteiger charge is -2.27. The first-order valence-electron chi connectivity index (χ1n) is 5.73. The molecule has 108 valence electrons. The Morgan fingerprint density at radius 2 is 1.95 bits per heavy atom. The predicted molar refractivity (Wildman–Crippen MR) is 77.1 cm³/mol.